The minimum absolute atomic E-state index is 0.0147. The number of benzene rings is 2. The SMILES string of the molecule is Cc1cn(-c2ccc(/C=C/c3nc(C(C)c4ccc(F)cc4)nn3C)cc2C)cn1. The predicted octanol–water partition coefficient (Wildman–Crippen LogP) is 5.08. The van der Waals surface area contributed by atoms with E-state index in [0.29, 0.717) is 5.82 Å². The molecule has 2 heterocycles. The molecule has 1 atom stereocenters. The van der Waals surface area contributed by atoms with Crippen LogP contribution in [0.25, 0.3) is 17.8 Å². The highest BCUT2D eigenvalue weighted by atomic mass is 19.1. The minimum atomic E-state index is -0.243. The molecule has 0 spiro atoms. The van der Waals surface area contributed by atoms with Crippen LogP contribution in [0, 0.1) is 19.7 Å². The van der Waals surface area contributed by atoms with Crippen LogP contribution in [0.4, 0.5) is 4.39 Å². The van der Waals surface area contributed by atoms with Crippen molar-refractivity contribution in [1.29, 1.82) is 0 Å². The number of halogens is 1. The third-order valence-electron chi connectivity index (χ3n) is 5.21. The highest BCUT2D eigenvalue weighted by molar-refractivity contribution is 5.68. The molecule has 0 aliphatic heterocycles. The Balaban J connectivity index is 1.54. The Morgan fingerprint density at radius 1 is 1.03 bits per heavy atom. The smallest absolute Gasteiger partial charge is 0.158 e. The van der Waals surface area contributed by atoms with E-state index in [2.05, 4.69) is 40.2 Å². The Bertz CT molecular complexity index is 1200. The summed E-state index contributed by atoms with van der Waals surface area (Å²) in [6.45, 7) is 6.10. The molecule has 4 rings (SSSR count). The van der Waals surface area contributed by atoms with Gasteiger partial charge in [0.05, 0.1) is 12.0 Å². The molecule has 0 radical (unpaired) electrons. The van der Waals surface area contributed by atoms with Gasteiger partial charge in [-0.25, -0.2) is 19.0 Å². The molecule has 0 bridgehead atoms. The van der Waals surface area contributed by atoms with Crippen LogP contribution in [0.5, 0.6) is 0 Å². The van der Waals surface area contributed by atoms with E-state index in [0.717, 1.165) is 33.9 Å². The topological polar surface area (TPSA) is 48.5 Å². The molecular formula is C24H24FN5. The highest BCUT2D eigenvalue weighted by Gasteiger charge is 2.15. The number of rotatable bonds is 5. The standard InChI is InChI=1S/C24H24FN5/c1-16-13-19(5-11-22(16)30-14-17(2)26-15-30)6-12-23-27-24(28-29(23)4)18(3)20-7-9-21(25)10-8-20/h5-15,18H,1-4H3/b12-6+. The van der Waals surface area contributed by atoms with Crippen molar-refractivity contribution in [2.45, 2.75) is 26.7 Å². The molecule has 0 aliphatic rings. The average Bonchev–Trinajstić information content (AvgIpc) is 3.32. The molecule has 1 unspecified atom stereocenters. The van der Waals surface area contributed by atoms with Crippen LogP contribution in [-0.2, 0) is 7.05 Å². The fraction of sp³-hybridized carbons (Fsp3) is 0.208. The van der Waals surface area contributed by atoms with E-state index < -0.39 is 0 Å². The second kappa shape index (κ2) is 8.06. The fourth-order valence-electron chi connectivity index (χ4n) is 3.44. The normalized spacial score (nSPS) is 12.6. The van der Waals surface area contributed by atoms with Gasteiger partial charge in [0.15, 0.2) is 11.6 Å². The Labute approximate surface area is 175 Å². The monoisotopic (exact) mass is 401 g/mol. The number of aromatic nitrogens is 5. The van der Waals surface area contributed by atoms with Crippen molar-refractivity contribution in [3.05, 3.63) is 94.8 Å². The van der Waals surface area contributed by atoms with Crippen molar-refractivity contribution >= 4 is 12.2 Å². The maximum absolute atomic E-state index is 13.2. The lowest BCUT2D eigenvalue weighted by Crippen LogP contribution is -2.00. The number of aryl methyl sites for hydroxylation is 3. The van der Waals surface area contributed by atoms with Gasteiger partial charge in [0.1, 0.15) is 5.82 Å². The lowest BCUT2D eigenvalue weighted by Gasteiger charge is -2.07. The summed E-state index contributed by atoms with van der Waals surface area (Å²) >= 11 is 0. The van der Waals surface area contributed by atoms with Gasteiger partial charge in [-0.3, -0.25) is 0 Å². The second-order valence-electron chi connectivity index (χ2n) is 7.53. The second-order valence-corrected chi connectivity index (χ2v) is 7.53. The largest absolute Gasteiger partial charge is 0.306 e. The zero-order valence-corrected chi connectivity index (χ0v) is 17.5. The highest BCUT2D eigenvalue weighted by Crippen LogP contribution is 2.22. The maximum Gasteiger partial charge on any atom is 0.158 e. The van der Waals surface area contributed by atoms with E-state index in [9.17, 15) is 4.39 Å². The molecule has 30 heavy (non-hydrogen) atoms. The van der Waals surface area contributed by atoms with Gasteiger partial charge >= 0.3 is 0 Å². The van der Waals surface area contributed by atoms with Gasteiger partial charge in [-0.15, -0.1) is 0 Å². The molecule has 5 nitrogen and oxygen atoms in total. The average molecular weight is 401 g/mol. The lowest BCUT2D eigenvalue weighted by molar-refractivity contribution is 0.626. The Kier molecular flexibility index (Phi) is 5.31. The number of nitrogens with zero attached hydrogens (tertiary/aromatic N) is 5. The van der Waals surface area contributed by atoms with Crippen molar-refractivity contribution < 1.29 is 4.39 Å². The molecule has 2 aromatic heterocycles. The predicted molar refractivity (Wildman–Crippen MR) is 117 cm³/mol. The van der Waals surface area contributed by atoms with Gasteiger partial charge in [-0.05, 0) is 60.9 Å². The third-order valence-corrected chi connectivity index (χ3v) is 5.21. The molecule has 0 amide bonds. The lowest BCUT2D eigenvalue weighted by atomic mass is 10.0. The van der Waals surface area contributed by atoms with Crippen molar-refractivity contribution in [2.24, 2.45) is 7.05 Å². The molecular weight excluding hydrogens is 377 g/mol. The summed E-state index contributed by atoms with van der Waals surface area (Å²) in [5, 5.41) is 4.55. The molecule has 152 valence electrons. The van der Waals surface area contributed by atoms with Gasteiger partial charge in [0.2, 0.25) is 0 Å². The third kappa shape index (κ3) is 4.08. The molecule has 4 aromatic rings. The summed E-state index contributed by atoms with van der Waals surface area (Å²) in [6.07, 6.45) is 7.84. The van der Waals surface area contributed by atoms with Gasteiger partial charge in [-0.1, -0.05) is 31.2 Å². The van der Waals surface area contributed by atoms with Crippen molar-refractivity contribution in [3.8, 4) is 5.69 Å². The van der Waals surface area contributed by atoms with Crippen LogP contribution in [0.1, 0.15) is 46.9 Å². The summed E-state index contributed by atoms with van der Waals surface area (Å²) in [4.78, 5) is 8.97. The Morgan fingerprint density at radius 2 is 1.80 bits per heavy atom. The van der Waals surface area contributed by atoms with Crippen molar-refractivity contribution in [2.75, 3.05) is 0 Å². The number of hydrogen-bond donors (Lipinski definition) is 0. The van der Waals surface area contributed by atoms with Crippen LogP contribution in [0.3, 0.4) is 0 Å². The first-order chi connectivity index (χ1) is 14.4. The van der Waals surface area contributed by atoms with Gasteiger partial charge in [0.25, 0.3) is 0 Å². The van der Waals surface area contributed by atoms with Crippen LogP contribution in [-0.4, -0.2) is 24.3 Å². The maximum atomic E-state index is 13.2. The zero-order chi connectivity index (χ0) is 21.3. The summed E-state index contributed by atoms with van der Waals surface area (Å²) in [7, 11) is 1.88. The van der Waals surface area contributed by atoms with Crippen LogP contribution < -0.4 is 0 Å². The van der Waals surface area contributed by atoms with E-state index in [1.807, 2.05) is 50.1 Å². The fourth-order valence-corrected chi connectivity index (χ4v) is 3.44. The molecule has 0 saturated carbocycles. The summed E-state index contributed by atoms with van der Waals surface area (Å²) in [5.41, 5.74) is 5.34. The van der Waals surface area contributed by atoms with E-state index in [4.69, 9.17) is 0 Å². The van der Waals surface area contributed by atoms with E-state index in [1.54, 1.807) is 16.8 Å². The first kappa shape index (κ1) is 19.8. The quantitative estimate of drug-likeness (QED) is 0.469. The molecule has 0 fully saturated rings. The van der Waals surface area contributed by atoms with E-state index in [-0.39, 0.29) is 11.7 Å². The Morgan fingerprint density at radius 3 is 2.47 bits per heavy atom. The summed E-state index contributed by atoms with van der Waals surface area (Å²) in [5.74, 6) is 1.23. The molecule has 6 heteroatoms. The van der Waals surface area contributed by atoms with Crippen molar-refractivity contribution in [1.82, 2.24) is 24.3 Å². The zero-order valence-electron chi connectivity index (χ0n) is 17.5. The van der Waals surface area contributed by atoms with Crippen LogP contribution in [0.15, 0.2) is 55.0 Å². The molecule has 0 N–H and O–H groups in total. The van der Waals surface area contributed by atoms with Gasteiger partial charge in [-0.2, -0.15) is 5.10 Å². The number of hydrogen-bond acceptors (Lipinski definition) is 3. The van der Waals surface area contributed by atoms with E-state index in [1.165, 1.54) is 12.1 Å². The molecule has 0 saturated heterocycles. The number of imidazole rings is 1. The summed E-state index contributed by atoms with van der Waals surface area (Å²) < 4.78 is 17.0. The minimum Gasteiger partial charge on any atom is -0.306 e. The van der Waals surface area contributed by atoms with E-state index >= 15 is 0 Å². The molecule has 2 aromatic carbocycles. The van der Waals surface area contributed by atoms with Crippen LogP contribution >= 0.6 is 0 Å². The first-order valence-electron chi connectivity index (χ1n) is 9.87. The summed E-state index contributed by atoms with van der Waals surface area (Å²) in [6, 6.07) is 12.8. The first-order valence-corrected chi connectivity index (χ1v) is 9.87. The van der Waals surface area contributed by atoms with Gasteiger partial charge in [0, 0.05) is 24.8 Å². The van der Waals surface area contributed by atoms with Crippen molar-refractivity contribution in [3.63, 3.8) is 0 Å². The van der Waals surface area contributed by atoms with Gasteiger partial charge < -0.3 is 4.57 Å². The van der Waals surface area contributed by atoms with Crippen LogP contribution in [0.2, 0.25) is 0 Å². The Hall–Kier alpha value is -3.54. The molecule has 0 aliphatic carbocycles.